The average molecular weight is 348 g/mol. The first-order chi connectivity index (χ1) is 12.7. The third kappa shape index (κ3) is 4.16. The molecule has 0 aliphatic heterocycles. The van der Waals surface area contributed by atoms with E-state index in [0.29, 0.717) is 17.3 Å². The van der Waals surface area contributed by atoms with Crippen LogP contribution in [-0.4, -0.2) is 23.0 Å². The number of methoxy groups -OCH3 is 1. The van der Waals surface area contributed by atoms with E-state index in [9.17, 15) is 4.79 Å². The Morgan fingerprint density at radius 3 is 2.46 bits per heavy atom. The third-order valence-corrected chi connectivity index (χ3v) is 3.87. The van der Waals surface area contributed by atoms with E-state index in [2.05, 4.69) is 39.7 Å². The van der Waals surface area contributed by atoms with E-state index in [1.807, 2.05) is 24.3 Å². The second-order valence-corrected chi connectivity index (χ2v) is 5.62. The predicted molar refractivity (Wildman–Crippen MR) is 102 cm³/mol. The lowest BCUT2D eigenvalue weighted by Crippen LogP contribution is -2.14. The molecule has 6 nitrogen and oxygen atoms in total. The Kier molecular flexibility index (Phi) is 5.43. The molecule has 0 saturated carbocycles. The molecule has 3 rings (SSSR count). The smallest absolute Gasteiger partial charge is 0.275 e. The number of hydrogen-bond donors (Lipinski definition) is 2. The minimum Gasteiger partial charge on any atom is -0.495 e. The van der Waals surface area contributed by atoms with Crippen LogP contribution in [0.4, 0.5) is 17.2 Å². The molecule has 2 aromatic carbocycles. The maximum Gasteiger partial charge on any atom is 0.275 e. The molecule has 0 unspecified atom stereocenters. The van der Waals surface area contributed by atoms with Gasteiger partial charge in [-0.25, -0.2) is 9.97 Å². The van der Waals surface area contributed by atoms with Crippen LogP contribution in [-0.2, 0) is 6.42 Å². The van der Waals surface area contributed by atoms with E-state index in [4.69, 9.17) is 4.74 Å². The van der Waals surface area contributed by atoms with Gasteiger partial charge in [0.25, 0.3) is 5.91 Å². The van der Waals surface area contributed by atoms with Gasteiger partial charge in [0, 0.05) is 5.69 Å². The molecule has 0 aliphatic carbocycles. The first-order valence-electron chi connectivity index (χ1n) is 8.32. The molecule has 0 fully saturated rings. The number of nitrogens with one attached hydrogen (secondary N) is 2. The van der Waals surface area contributed by atoms with Crippen molar-refractivity contribution in [3.63, 3.8) is 0 Å². The molecular weight excluding hydrogens is 328 g/mol. The highest BCUT2D eigenvalue weighted by atomic mass is 16.5. The van der Waals surface area contributed by atoms with E-state index in [0.717, 1.165) is 12.1 Å². The Hall–Kier alpha value is -3.41. The number of hydrogen-bond acceptors (Lipinski definition) is 5. The first-order valence-corrected chi connectivity index (χ1v) is 8.32. The Bertz CT molecular complexity index is 877. The van der Waals surface area contributed by atoms with E-state index < -0.39 is 0 Å². The van der Waals surface area contributed by atoms with Crippen molar-refractivity contribution in [1.29, 1.82) is 0 Å². The molecule has 26 heavy (non-hydrogen) atoms. The number of benzene rings is 2. The Morgan fingerprint density at radius 1 is 1.04 bits per heavy atom. The van der Waals surface area contributed by atoms with Crippen molar-refractivity contribution in [1.82, 2.24) is 9.97 Å². The second kappa shape index (κ2) is 8.11. The highest BCUT2D eigenvalue weighted by molar-refractivity contribution is 6.03. The molecular formula is C20H20N4O2. The topological polar surface area (TPSA) is 76.1 Å². The van der Waals surface area contributed by atoms with Crippen LogP contribution in [0.25, 0.3) is 0 Å². The van der Waals surface area contributed by atoms with Gasteiger partial charge in [-0.3, -0.25) is 4.79 Å². The number of rotatable bonds is 6. The number of nitrogens with zero attached hydrogens (tertiary/aromatic N) is 2. The standard InChI is InChI=1S/C20H20N4O2/c1-3-14-8-10-15(11-9-14)23-19-13-21-17(12-22-19)20(25)24-16-6-4-5-7-18(16)26-2/h4-13H,3H2,1-2H3,(H,22,23)(H,24,25). The van der Waals surface area contributed by atoms with Crippen LogP contribution >= 0.6 is 0 Å². The zero-order valence-corrected chi connectivity index (χ0v) is 14.7. The summed E-state index contributed by atoms with van der Waals surface area (Å²) in [4.78, 5) is 20.8. The molecule has 0 atom stereocenters. The van der Waals surface area contributed by atoms with Crippen molar-refractivity contribution in [2.45, 2.75) is 13.3 Å². The van der Waals surface area contributed by atoms with Gasteiger partial charge in [-0.15, -0.1) is 0 Å². The minimum absolute atomic E-state index is 0.225. The molecule has 2 N–H and O–H groups in total. The average Bonchev–Trinajstić information content (AvgIpc) is 2.69. The summed E-state index contributed by atoms with van der Waals surface area (Å²) in [7, 11) is 1.55. The molecule has 0 aliphatic rings. The second-order valence-electron chi connectivity index (χ2n) is 5.62. The lowest BCUT2D eigenvalue weighted by atomic mass is 10.1. The normalized spacial score (nSPS) is 10.2. The summed E-state index contributed by atoms with van der Waals surface area (Å²) in [6.45, 7) is 2.11. The van der Waals surface area contributed by atoms with Crippen molar-refractivity contribution >= 4 is 23.1 Å². The van der Waals surface area contributed by atoms with E-state index in [-0.39, 0.29) is 11.6 Å². The molecule has 1 aromatic heterocycles. The Balaban J connectivity index is 1.67. The summed E-state index contributed by atoms with van der Waals surface area (Å²) < 4.78 is 5.22. The maximum atomic E-state index is 12.3. The van der Waals surface area contributed by atoms with Crippen molar-refractivity contribution in [3.05, 3.63) is 72.2 Å². The van der Waals surface area contributed by atoms with Gasteiger partial charge in [0.15, 0.2) is 0 Å². The molecule has 6 heteroatoms. The number of amides is 1. The number of anilines is 3. The molecule has 0 radical (unpaired) electrons. The number of carbonyl (C=O) groups is 1. The van der Waals surface area contributed by atoms with Crippen LogP contribution in [0.1, 0.15) is 23.0 Å². The molecule has 0 bridgehead atoms. The van der Waals surface area contributed by atoms with Gasteiger partial charge in [-0.05, 0) is 36.2 Å². The summed E-state index contributed by atoms with van der Waals surface area (Å²) in [6, 6.07) is 15.3. The number of ether oxygens (including phenoxy) is 1. The summed E-state index contributed by atoms with van der Waals surface area (Å²) in [6.07, 6.45) is 3.97. The fourth-order valence-corrected chi connectivity index (χ4v) is 2.42. The van der Waals surface area contributed by atoms with Crippen LogP contribution in [0.15, 0.2) is 60.9 Å². The zero-order chi connectivity index (χ0) is 18.4. The van der Waals surface area contributed by atoms with Crippen LogP contribution in [0.2, 0.25) is 0 Å². The fraction of sp³-hybridized carbons (Fsp3) is 0.150. The van der Waals surface area contributed by atoms with E-state index in [1.165, 1.54) is 18.0 Å². The van der Waals surface area contributed by atoms with Gasteiger partial charge in [0.1, 0.15) is 17.3 Å². The number of carbonyl (C=O) groups excluding carboxylic acids is 1. The van der Waals surface area contributed by atoms with E-state index in [1.54, 1.807) is 19.2 Å². The van der Waals surface area contributed by atoms with Gasteiger partial charge < -0.3 is 15.4 Å². The Morgan fingerprint density at radius 2 is 1.81 bits per heavy atom. The van der Waals surface area contributed by atoms with Gasteiger partial charge in [-0.2, -0.15) is 0 Å². The SMILES string of the molecule is CCc1ccc(Nc2cnc(C(=O)Nc3ccccc3OC)cn2)cc1. The maximum absolute atomic E-state index is 12.3. The molecule has 3 aromatic rings. The molecule has 1 amide bonds. The number of aryl methyl sites for hydroxylation is 1. The minimum atomic E-state index is -0.346. The number of para-hydroxylation sites is 2. The van der Waals surface area contributed by atoms with Crippen LogP contribution in [0.3, 0.4) is 0 Å². The molecule has 1 heterocycles. The van der Waals surface area contributed by atoms with Crippen molar-refractivity contribution in [3.8, 4) is 5.75 Å². The van der Waals surface area contributed by atoms with Gasteiger partial charge in [0.05, 0.1) is 25.2 Å². The van der Waals surface area contributed by atoms with E-state index >= 15 is 0 Å². The monoisotopic (exact) mass is 348 g/mol. The largest absolute Gasteiger partial charge is 0.495 e. The van der Waals surface area contributed by atoms with Crippen molar-refractivity contribution < 1.29 is 9.53 Å². The van der Waals surface area contributed by atoms with Crippen molar-refractivity contribution in [2.24, 2.45) is 0 Å². The lowest BCUT2D eigenvalue weighted by Gasteiger charge is -2.10. The van der Waals surface area contributed by atoms with Gasteiger partial charge in [-0.1, -0.05) is 31.2 Å². The highest BCUT2D eigenvalue weighted by Crippen LogP contribution is 2.23. The fourth-order valence-electron chi connectivity index (χ4n) is 2.42. The summed E-state index contributed by atoms with van der Waals surface area (Å²) >= 11 is 0. The summed E-state index contributed by atoms with van der Waals surface area (Å²) in [5.74, 6) is 0.812. The highest BCUT2D eigenvalue weighted by Gasteiger charge is 2.11. The van der Waals surface area contributed by atoms with Crippen LogP contribution in [0.5, 0.6) is 5.75 Å². The van der Waals surface area contributed by atoms with Gasteiger partial charge in [0.2, 0.25) is 0 Å². The molecule has 132 valence electrons. The summed E-state index contributed by atoms with van der Waals surface area (Å²) in [5, 5.41) is 5.94. The van der Waals surface area contributed by atoms with Crippen LogP contribution in [0, 0.1) is 0 Å². The van der Waals surface area contributed by atoms with Crippen LogP contribution < -0.4 is 15.4 Å². The first kappa shape index (κ1) is 17.4. The molecule has 0 saturated heterocycles. The zero-order valence-electron chi connectivity index (χ0n) is 14.7. The quantitative estimate of drug-likeness (QED) is 0.703. The van der Waals surface area contributed by atoms with Gasteiger partial charge >= 0.3 is 0 Å². The lowest BCUT2D eigenvalue weighted by molar-refractivity contribution is 0.102. The summed E-state index contributed by atoms with van der Waals surface area (Å²) in [5.41, 5.74) is 3.00. The third-order valence-electron chi connectivity index (χ3n) is 3.87. The van der Waals surface area contributed by atoms with Crippen molar-refractivity contribution in [2.75, 3.05) is 17.7 Å². The Labute approximate surface area is 152 Å². The molecule has 0 spiro atoms. The predicted octanol–water partition coefficient (Wildman–Crippen LogP) is 4.04. The number of aromatic nitrogens is 2.